The second-order valence-corrected chi connectivity index (χ2v) is 7.97. The third-order valence-electron chi connectivity index (χ3n) is 5.06. The predicted octanol–water partition coefficient (Wildman–Crippen LogP) is 3.72. The van der Waals surface area contributed by atoms with Crippen molar-refractivity contribution in [1.82, 2.24) is 5.32 Å². The Hall–Kier alpha value is -3.86. The molecule has 0 aliphatic carbocycles. The van der Waals surface area contributed by atoms with Gasteiger partial charge in [-0.3, -0.25) is 9.59 Å². The van der Waals surface area contributed by atoms with Crippen LogP contribution in [-0.4, -0.2) is 43.1 Å². The van der Waals surface area contributed by atoms with Crippen LogP contribution in [0.1, 0.15) is 44.5 Å². The van der Waals surface area contributed by atoms with Gasteiger partial charge in [-0.05, 0) is 56.2 Å². The molecule has 180 valence electrons. The topological polar surface area (TPSA) is 109 Å². The molecule has 8 heteroatoms. The SMILES string of the molecule is CCOc1ccc(C(=O)NC(C(=O)OC(C)C(=O)N(CCC#N)c2ccccc2)C(C)C)cc1. The minimum absolute atomic E-state index is 0.133. The molecule has 2 aromatic rings. The minimum atomic E-state index is -1.10. The maximum Gasteiger partial charge on any atom is 0.329 e. The summed E-state index contributed by atoms with van der Waals surface area (Å²) in [5.74, 6) is -1.22. The highest BCUT2D eigenvalue weighted by molar-refractivity contribution is 5.99. The van der Waals surface area contributed by atoms with Crippen molar-refractivity contribution >= 4 is 23.5 Å². The van der Waals surface area contributed by atoms with Gasteiger partial charge in [0.05, 0.1) is 19.1 Å². The van der Waals surface area contributed by atoms with Crippen LogP contribution in [0.3, 0.4) is 0 Å². The molecular formula is C26H31N3O5. The number of esters is 1. The summed E-state index contributed by atoms with van der Waals surface area (Å²) in [7, 11) is 0. The normalized spacial score (nSPS) is 12.2. The molecule has 1 N–H and O–H groups in total. The first-order valence-corrected chi connectivity index (χ1v) is 11.3. The number of rotatable bonds is 11. The Balaban J connectivity index is 2.09. The van der Waals surface area contributed by atoms with Crippen LogP contribution in [0.25, 0.3) is 0 Å². The Kier molecular flexibility index (Phi) is 10.1. The number of carbonyl (C=O) groups is 3. The van der Waals surface area contributed by atoms with Crippen molar-refractivity contribution in [1.29, 1.82) is 5.26 Å². The summed E-state index contributed by atoms with van der Waals surface area (Å²) in [6.45, 7) is 7.59. The summed E-state index contributed by atoms with van der Waals surface area (Å²) in [6.07, 6.45) is -0.969. The smallest absolute Gasteiger partial charge is 0.329 e. The zero-order valence-electron chi connectivity index (χ0n) is 20.0. The Morgan fingerprint density at radius 3 is 2.24 bits per heavy atom. The van der Waals surface area contributed by atoms with E-state index in [2.05, 4.69) is 5.32 Å². The lowest BCUT2D eigenvalue weighted by molar-refractivity contribution is -0.156. The van der Waals surface area contributed by atoms with Crippen molar-refractivity contribution in [3.05, 3.63) is 60.2 Å². The molecule has 8 nitrogen and oxygen atoms in total. The van der Waals surface area contributed by atoms with E-state index in [9.17, 15) is 14.4 Å². The molecule has 0 spiro atoms. The van der Waals surface area contributed by atoms with Gasteiger partial charge in [0.25, 0.3) is 11.8 Å². The summed E-state index contributed by atoms with van der Waals surface area (Å²) < 4.78 is 10.8. The molecule has 0 bridgehead atoms. The molecule has 0 saturated heterocycles. The molecule has 2 rings (SSSR count). The largest absolute Gasteiger partial charge is 0.494 e. The highest BCUT2D eigenvalue weighted by Crippen LogP contribution is 2.17. The van der Waals surface area contributed by atoms with Crippen molar-refractivity contribution in [2.45, 2.75) is 46.3 Å². The highest BCUT2D eigenvalue weighted by Gasteiger charge is 2.31. The first-order valence-electron chi connectivity index (χ1n) is 11.3. The van der Waals surface area contributed by atoms with Gasteiger partial charge in [-0.2, -0.15) is 5.26 Å². The van der Waals surface area contributed by atoms with Crippen molar-refractivity contribution < 1.29 is 23.9 Å². The van der Waals surface area contributed by atoms with Gasteiger partial charge >= 0.3 is 5.97 Å². The summed E-state index contributed by atoms with van der Waals surface area (Å²) in [5, 5.41) is 11.7. The highest BCUT2D eigenvalue weighted by atomic mass is 16.5. The van der Waals surface area contributed by atoms with Gasteiger partial charge in [-0.1, -0.05) is 32.0 Å². The van der Waals surface area contributed by atoms with E-state index in [1.807, 2.05) is 19.1 Å². The number of benzene rings is 2. The van der Waals surface area contributed by atoms with E-state index < -0.39 is 29.9 Å². The number of hydrogen-bond donors (Lipinski definition) is 1. The van der Waals surface area contributed by atoms with Gasteiger partial charge in [0.1, 0.15) is 11.8 Å². The predicted molar refractivity (Wildman–Crippen MR) is 128 cm³/mol. The zero-order valence-corrected chi connectivity index (χ0v) is 20.0. The number of nitriles is 1. The van der Waals surface area contributed by atoms with Gasteiger partial charge in [0.2, 0.25) is 0 Å². The molecule has 0 aromatic heterocycles. The Bertz CT molecular complexity index is 999. The van der Waals surface area contributed by atoms with Gasteiger partial charge in [0.15, 0.2) is 6.10 Å². The molecule has 0 saturated carbocycles. The van der Waals surface area contributed by atoms with Crippen LogP contribution in [-0.2, 0) is 14.3 Å². The van der Waals surface area contributed by atoms with E-state index in [4.69, 9.17) is 14.7 Å². The van der Waals surface area contributed by atoms with Crippen LogP contribution in [0.2, 0.25) is 0 Å². The molecule has 2 unspecified atom stereocenters. The fraction of sp³-hybridized carbons (Fsp3) is 0.385. The van der Waals surface area contributed by atoms with Gasteiger partial charge in [-0.15, -0.1) is 0 Å². The van der Waals surface area contributed by atoms with E-state index >= 15 is 0 Å². The monoisotopic (exact) mass is 465 g/mol. The number of amides is 2. The lowest BCUT2D eigenvalue weighted by atomic mass is 10.0. The molecule has 0 fully saturated rings. The van der Waals surface area contributed by atoms with Crippen LogP contribution in [0.4, 0.5) is 5.69 Å². The average molecular weight is 466 g/mol. The Labute approximate surface area is 200 Å². The summed E-state index contributed by atoms with van der Waals surface area (Å²) in [5.41, 5.74) is 0.979. The number of nitrogens with zero attached hydrogens (tertiary/aromatic N) is 2. The number of nitrogens with one attached hydrogen (secondary N) is 1. The van der Waals surface area contributed by atoms with Crippen molar-refractivity contribution in [2.75, 3.05) is 18.1 Å². The fourth-order valence-corrected chi connectivity index (χ4v) is 3.25. The second kappa shape index (κ2) is 13.0. The summed E-state index contributed by atoms with van der Waals surface area (Å²) in [6, 6.07) is 16.5. The molecule has 2 atom stereocenters. The van der Waals surface area contributed by atoms with Crippen molar-refractivity contribution in [2.24, 2.45) is 5.92 Å². The van der Waals surface area contributed by atoms with Crippen LogP contribution in [0, 0.1) is 17.2 Å². The van der Waals surface area contributed by atoms with E-state index in [1.165, 1.54) is 11.8 Å². The maximum atomic E-state index is 13.0. The van der Waals surface area contributed by atoms with Crippen LogP contribution in [0.5, 0.6) is 5.75 Å². The van der Waals surface area contributed by atoms with E-state index in [0.29, 0.717) is 23.6 Å². The molecule has 0 aliphatic rings. The molecule has 0 aliphatic heterocycles. The molecule has 2 amide bonds. The number of anilines is 1. The first kappa shape index (κ1) is 26.4. The fourth-order valence-electron chi connectivity index (χ4n) is 3.25. The lowest BCUT2D eigenvalue weighted by Gasteiger charge is -2.27. The summed E-state index contributed by atoms with van der Waals surface area (Å²) in [4.78, 5) is 40.1. The quantitative estimate of drug-likeness (QED) is 0.507. The van der Waals surface area contributed by atoms with Crippen molar-refractivity contribution in [3.63, 3.8) is 0 Å². The Morgan fingerprint density at radius 1 is 1.03 bits per heavy atom. The van der Waals surface area contributed by atoms with Gasteiger partial charge < -0.3 is 19.7 Å². The van der Waals surface area contributed by atoms with Crippen LogP contribution < -0.4 is 15.0 Å². The molecule has 0 heterocycles. The summed E-state index contributed by atoms with van der Waals surface area (Å²) >= 11 is 0. The van der Waals surface area contributed by atoms with Crippen molar-refractivity contribution in [3.8, 4) is 11.8 Å². The molecular weight excluding hydrogens is 434 g/mol. The number of hydrogen-bond acceptors (Lipinski definition) is 6. The maximum absolute atomic E-state index is 13.0. The molecule has 0 radical (unpaired) electrons. The van der Waals surface area contributed by atoms with E-state index in [-0.39, 0.29) is 18.9 Å². The number of para-hydroxylation sites is 1. The first-order chi connectivity index (χ1) is 16.3. The van der Waals surface area contributed by atoms with E-state index in [1.54, 1.807) is 62.4 Å². The van der Waals surface area contributed by atoms with E-state index in [0.717, 1.165) is 0 Å². The third kappa shape index (κ3) is 7.34. The van der Waals surface area contributed by atoms with Gasteiger partial charge in [-0.25, -0.2) is 4.79 Å². The Morgan fingerprint density at radius 2 is 1.68 bits per heavy atom. The number of carbonyl (C=O) groups excluding carboxylic acids is 3. The second-order valence-electron chi connectivity index (χ2n) is 7.97. The minimum Gasteiger partial charge on any atom is -0.494 e. The van der Waals surface area contributed by atoms with Crippen LogP contribution >= 0.6 is 0 Å². The number of ether oxygens (including phenoxy) is 2. The average Bonchev–Trinajstić information content (AvgIpc) is 2.83. The zero-order chi connectivity index (χ0) is 25.1. The third-order valence-corrected chi connectivity index (χ3v) is 5.06. The molecule has 34 heavy (non-hydrogen) atoms. The standard InChI is InChI=1S/C26H31N3O5/c1-5-33-22-14-12-20(13-15-22)24(30)28-23(18(2)3)26(32)34-19(4)25(31)29(17-9-16-27)21-10-7-6-8-11-21/h6-8,10-15,18-19,23H,5,9,17H2,1-4H3,(H,28,30). The van der Waals surface area contributed by atoms with Crippen LogP contribution in [0.15, 0.2) is 54.6 Å². The molecule has 2 aromatic carbocycles. The van der Waals surface area contributed by atoms with Gasteiger partial charge in [0, 0.05) is 17.8 Å². The lowest BCUT2D eigenvalue weighted by Crippen LogP contribution is -2.48.